The van der Waals surface area contributed by atoms with Crippen LogP contribution in [0.4, 0.5) is 74.6 Å². The highest BCUT2D eigenvalue weighted by molar-refractivity contribution is 6.12. The van der Waals surface area contributed by atoms with Gasteiger partial charge in [0.2, 0.25) is 0 Å². The molecule has 0 heterocycles. The third-order valence-corrected chi connectivity index (χ3v) is 7.10. The van der Waals surface area contributed by atoms with Gasteiger partial charge in [-0.1, -0.05) is 6.07 Å². The average Bonchev–Trinajstić information content (AvgIpc) is 3.75. The van der Waals surface area contributed by atoms with Crippen LogP contribution in [0.2, 0.25) is 0 Å². The second kappa shape index (κ2) is 12.8. The summed E-state index contributed by atoms with van der Waals surface area (Å²) >= 11 is 0. The predicted molar refractivity (Wildman–Crippen MR) is 136 cm³/mol. The third-order valence-electron chi connectivity index (χ3n) is 7.10. The van der Waals surface area contributed by atoms with Gasteiger partial charge < -0.3 is 0 Å². The van der Waals surface area contributed by atoms with Crippen LogP contribution >= 0.6 is 0 Å². The number of halogens is 17. The molecule has 52 heavy (non-hydrogen) atoms. The highest BCUT2D eigenvalue weighted by Gasteiger charge is 2.49. The Morgan fingerprint density at radius 2 is 0.769 bits per heavy atom. The number of hydrogen-bond acceptors (Lipinski definition) is 4. The Bertz CT molecular complexity index is 2210. The predicted octanol–water partition coefficient (Wildman–Crippen LogP) is 9.97. The SMILES string of the molecule is N#CC(=C1C(=C(/C#N)c2c(F)c(F)c(C(F)(F)F)c(F)c2F)/C1=C(/C#N)c1c(F)c(F)c(C(F)(F)F)c(F)c1F)c1ccc(C#N)c(C(F)(F)F)c1. The molecule has 1 aliphatic rings. The summed E-state index contributed by atoms with van der Waals surface area (Å²) in [6, 6.07) is 4.88. The number of nitriles is 4. The van der Waals surface area contributed by atoms with Crippen LogP contribution < -0.4 is 0 Å². The van der Waals surface area contributed by atoms with Gasteiger partial charge in [-0.2, -0.15) is 60.6 Å². The standard InChI is InChI=1S/C31H3F17N4/c32-21-17(22(33)26(37)19(25(21)36)30(43,44)45)11(6-51)15-14(10(5-50)8-1-2-9(4-49)13(3-8)29(40,41)42)16(15)12(7-52)18-23(34)27(38)20(31(46,47)48)28(39)24(18)35/h1-3H/b14-10?,15-11-,16-12+. The summed E-state index contributed by atoms with van der Waals surface area (Å²) in [5.74, 6) is -24.9. The number of benzene rings is 3. The van der Waals surface area contributed by atoms with E-state index < -0.39 is 137 Å². The minimum atomic E-state index is -6.15. The van der Waals surface area contributed by atoms with Crippen molar-refractivity contribution < 1.29 is 74.6 Å². The van der Waals surface area contributed by atoms with Crippen LogP contribution in [-0.4, -0.2) is 0 Å². The van der Waals surface area contributed by atoms with Crippen molar-refractivity contribution in [2.24, 2.45) is 0 Å². The van der Waals surface area contributed by atoms with E-state index in [-0.39, 0.29) is 6.07 Å². The van der Waals surface area contributed by atoms with Crippen LogP contribution in [0.15, 0.2) is 34.9 Å². The van der Waals surface area contributed by atoms with Crippen molar-refractivity contribution in [3.63, 3.8) is 0 Å². The number of alkyl halides is 9. The molecule has 3 aromatic rings. The Kier molecular flexibility index (Phi) is 9.44. The van der Waals surface area contributed by atoms with Gasteiger partial charge in [-0.3, -0.25) is 0 Å². The summed E-state index contributed by atoms with van der Waals surface area (Å²) in [6.07, 6.45) is -17.7. The Balaban J connectivity index is 2.32. The van der Waals surface area contributed by atoms with E-state index in [9.17, 15) is 72.9 Å². The molecule has 1 fully saturated rings. The molecule has 0 radical (unpaired) electrons. The van der Waals surface area contributed by atoms with Gasteiger partial charge in [0.1, 0.15) is 29.3 Å². The number of hydrogen-bond donors (Lipinski definition) is 0. The molecule has 0 bridgehead atoms. The lowest BCUT2D eigenvalue weighted by Crippen LogP contribution is -2.17. The lowest BCUT2D eigenvalue weighted by Gasteiger charge is -2.14. The van der Waals surface area contributed by atoms with Crippen LogP contribution in [0.5, 0.6) is 0 Å². The Hall–Kier alpha value is -6.35. The maximum atomic E-state index is 15.1. The van der Waals surface area contributed by atoms with E-state index in [2.05, 4.69) is 0 Å². The molecular weight excluding hydrogens is 751 g/mol. The molecule has 0 saturated heterocycles. The third kappa shape index (κ3) is 6.04. The Morgan fingerprint density at radius 3 is 1.04 bits per heavy atom. The summed E-state index contributed by atoms with van der Waals surface area (Å²) < 4.78 is 239. The summed E-state index contributed by atoms with van der Waals surface area (Å²) in [4.78, 5) is 0. The van der Waals surface area contributed by atoms with Gasteiger partial charge in [-0.25, -0.2) is 35.1 Å². The fourth-order valence-corrected chi connectivity index (χ4v) is 4.91. The van der Waals surface area contributed by atoms with Gasteiger partial charge in [-0.05, 0) is 17.7 Å². The minimum absolute atomic E-state index is 0.0209. The first-order valence-electron chi connectivity index (χ1n) is 12.8. The molecule has 4 rings (SSSR count). The van der Waals surface area contributed by atoms with Crippen LogP contribution in [-0.2, 0) is 18.5 Å². The number of rotatable bonds is 3. The van der Waals surface area contributed by atoms with Gasteiger partial charge in [-0.15, -0.1) is 0 Å². The van der Waals surface area contributed by atoms with Crippen LogP contribution in [0.3, 0.4) is 0 Å². The zero-order valence-electron chi connectivity index (χ0n) is 23.9. The topological polar surface area (TPSA) is 95.2 Å². The normalized spacial score (nSPS) is 16.0. The highest BCUT2D eigenvalue weighted by atomic mass is 19.4. The smallest absolute Gasteiger partial charge is 0.203 e. The van der Waals surface area contributed by atoms with Crippen molar-refractivity contribution in [2.45, 2.75) is 18.5 Å². The minimum Gasteiger partial charge on any atom is -0.203 e. The Morgan fingerprint density at radius 1 is 0.442 bits per heavy atom. The molecular formula is C31H3F17N4. The van der Waals surface area contributed by atoms with Crippen molar-refractivity contribution in [3.8, 4) is 24.3 Å². The molecule has 266 valence electrons. The van der Waals surface area contributed by atoms with Crippen molar-refractivity contribution in [1.82, 2.24) is 0 Å². The fourth-order valence-electron chi connectivity index (χ4n) is 4.91. The van der Waals surface area contributed by atoms with E-state index in [1.807, 2.05) is 0 Å². The lowest BCUT2D eigenvalue weighted by molar-refractivity contribution is -0.144. The van der Waals surface area contributed by atoms with Crippen LogP contribution in [0, 0.1) is 91.9 Å². The highest BCUT2D eigenvalue weighted by Crippen LogP contribution is 2.57. The van der Waals surface area contributed by atoms with E-state index in [0.717, 1.165) is 24.3 Å². The summed E-state index contributed by atoms with van der Waals surface area (Å²) in [5.41, 5.74) is -24.7. The molecule has 4 nitrogen and oxygen atoms in total. The van der Waals surface area contributed by atoms with Crippen LogP contribution in [0.1, 0.15) is 38.9 Å². The molecule has 0 N–H and O–H groups in total. The molecule has 3 aromatic carbocycles. The first kappa shape index (κ1) is 38.5. The maximum absolute atomic E-state index is 15.1. The van der Waals surface area contributed by atoms with Crippen molar-refractivity contribution >= 4 is 16.7 Å². The molecule has 0 unspecified atom stereocenters. The molecule has 0 spiro atoms. The second-order valence-electron chi connectivity index (χ2n) is 9.96. The van der Waals surface area contributed by atoms with E-state index in [1.54, 1.807) is 0 Å². The maximum Gasteiger partial charge on any atom is 0.422 e. The molecule has 0 aliphatic heterocycles. The molecule has 0 amide bonds. The molecule has 0 aromatic heterocycles. The summed E-state index contributed by atoms with van der Waals surface area (Å²) in [6.45, 7) is 0. The van der Waals surface area contributed by atoms with E-state index >= 15 is 17.6 Å². The first-order valence-corrected chi connectivity index (χ1v) is 12.8. The number of nitrogens with zero attached hydrogens (tertiary/aromatic N) is 4. The van der Waals surface area contributed by atoms with Crippen molar-refractivity contribution in [3.05, 3.63) is 120 Å². The lowest BCUT2D eigenvalue weighted by atomic mass is 9.97. The molecule has 1 aliphatic carbocycles. The van der Waals surface area contributed by atoms with Gasteiger partial charge in [0.25, 0.3) is 0 Å². The molecule has 1 saturated carbocycles. The fraction of sp³-hybridized carbons (Fsp3) is 0.0968. The summed E-state index contributed by atoms with van der Waals surface area (Å²) in [7, 11) is 0. The quantitative estimate of drug-likeness (QED) is 0.151. The molecule has 0 atom stereocenters. The van der Waals surface area contributed by atoms with E-state index in [4.69, 9.17) is 5.26 Å². The zero-order valence-corrected chi connectivity index (χ0v) is 23.9. The van der Waals surface area contributed by atoms with Crippen molar-refractivity contribution in [2.75, 3.05) is 0 Å². The van der Waals surface area contributed by atoms with Gasteiger partial charge >= 0.3 is 18.5 Å². The largest absolute Gasteiger partial charge is 0.422 e. The Labute approximate surface area is 276 Å². The van der Waals surface area contributed by atoms with Crippen LogP contribution in [0.25, 0.3) is 16.7 Å². The van der Waals surface area contributed by atoms with E-state index in [1.165, 1.54) is 0 Å². The summed E-state index contributed by atoms with van der Waals surface area (Å²) in [5, 5.41) is 38.5. The zero-order chi connectivity index (χ0) is 39.6. The second-order valence-corrected chi connectivity index (χ2v) is 9.96. The first-order chi connectivity index (χ1) is 23.9. The number of allylic oxidation sites excluding steroid dienone is 6. The van der Waals surface area contributed by atoms with Gasteiger partial charge in [0.15, 0.2) is 46.5 Å². The van der Waals surface area contributed by atoms with Crippen molar-refractivity contribution in [1.29, 1.82) is 21.0 Å². The van der Waals surface area contributed by atoms with E-state index in [0.29, 0.717) is 12.1 Å². The molecule has 21 heteroatoms. The monoisotopic (exact) mass is 754 g/mol. The van der Waals surface area contributed by atoms with Gasteiger partial charge in [0, 0.05) is 16.7 Å². The average molecular weight is 754 g/mol. The van der Waals surface area contributed by atoms with Gasteiger partial charge in [0.05, 0.1) is 45.0 Å².